The Morgan fingerprint density at radius 3 is 2.68 bits per heavy atom. The molecule has 3 atom stereocenters. The van der Waals surface area contributed by atoms with E-state index in [9.17, 15) is 19.1 Å². The van der Waals surface area contributed by atoms with Crippen LogP contribution in [0.15, 0.2) is 53.4 Å². The van der Waals surface area contributed by atoms with Crippen LogP contribution in [0.1, 0.15) is 31.0 Å². The molecule has 196 valence electrons. The van der Waals surface area contributed by atoms with Gasteiger partial charge < -0.3 is 15.3 Å². The molecular formula is C26H25BrFN7O3. The fourth-order valence-electron chi connectivity index (χ4n) is 4.57. The average molecular weight is 582 g/mol. The van der Waals surface area contributed by atoms with E-state index in [2.05, 4.69) is 41.3 Å². The molecule has 5 rings (SSSR count). The Bertz CT molecular complexity index is 1510. The molecule has 12 heteroatoms. The first kappa shape index (κ1) is 25.9. The average Bonchev–Trinajstić information content (AvgIpc) is 3.45. The summed E-state index contributed by atoms with van der Waals surface area (Å²) in [5.74, 6) is -0.00855. The quantitative estimate of drug-likeness (QED) is 0.333. The Morgan fingerprint density at radius 1 is 1.21 bits per heavy atom. The highest BCUT2D eigenvalue weighted by molar-refractivity contribution is 9.10. The summed E-state index contributed by atoms with van der Waals surface area (Å²) in [7, 11) is 0. The second-order valence-electron chi connectivity index (χ2n) is 9.20. The molecule has 2 N–H and O–H groups in total. The van der Waals surface area contributed by atoms with Crippen molar-refractivity contribution in [1.29, 1.82) is 0 Å². The number of hydrogen-bond donors (Lipinski definition) is 2. The Balaban J connectivity index is 1.40. The van der Waals surface area contributed by atoms with Crippen LogP contribution >= 0.6 is 15.9 Å². The molecule has 1 aliphatic heterocycles. The third kappa shape index (κ3) is 5.27. The van der Waals surface area contributed by atoms with Gasteiger partial charge in [-0.1, -0.05) is 12.1 Å². The van der Waals surface area contributed by atoms with Crippen LogP contribution in [0.2, 0.25) is 0 Å². The van der Waals surface area contributed by atoms with Gasteiger partial charge in [0.2, 0.25) is 11.8 Å². The molecule has 4 heterocycles. The van der Waals surface area contributed by atoms with Crippen LogP contribution in [-0.4, -0.2) is 65.3 Å². The molecule has 1 aromatic carbocycles. The number of nitrogens with zero attached hydrogens (tertiary/aromatic N) is 6. The summed E-state index contributed by atoms with van der Waals surface area (Å²) in [5, 5.41) is 18.2. The van der Waals surface area contributed by atoms with Gasteiger partial charge in [0.05, 0.1) is 23.9 Å². The van der Waals surface area contributed by atoms with E-state index in [0.717, 1.165) is 11.1 Å². The summed E-state index contributed by atoms with van der Waals surface area (Å²) in [6.07, 6.45) is 1.11. The molecule has 38 heavy (non-hydrogen) atoms. The van der Waals surface area contributed by atoms with Gasteiger partial charge >= 0.3 is 0 Å². The van der Waals surface area contributed by atoms with Crippen molar-refractivity contribution in [2.45, 2.75) is 45.1 Å². The molecule has 0 radical (unpaired) electrons. The molecule has 4 aromatic rings. The van der Waals surface area contributed by atoms with Crippen molar-refractivity contribution in [3.05, 3.63) is 64.9 Å². The zero-order valence-corrected chi connectivity index (χ0v) is 22.3. The number of rotatable bonds is 6. The van der Waals surface area contributed by atoms with Gasteiger partial charge in [-0.3, -0.25) is 14.3 Å². The molecule has 1 saturated heterocycles. The van der Waals surface area contributed by atoms with Gasteiger partial charge in [-0.05, 0) is 59.6 Å². The van der Waals surface area contributed by atoms with Crippen LogP contribution in [-0.2, 0) is 16.1 Å². The standard InChI is InChI=1S/C26H25BrFN7O3/c1-14(36)25-19-8-16(17-10-29-15(2)30-11-17)6-7-20(19)35(33-25)13-24(37)34-12-18(28)9-21(34)26(38)32-23-5-3-4-22(27)31-23/h3-8,10-11,14,18,21,36H,9,12-13H2,1-2H3,(H,31,32,38)/t14?,18-,21+/m1/s1. The number of carbonyl (C=O) groups is 2. The number of nitrogens with one attached hydrogen (secondary N) is 1. The van der Waals surface area contributed by atoms with Gasteiger partial charge in [-0.2, -0.15) is 5.10 Å². The number of aryl methyl sites for hydroxylation is 1. The fourth-order valence-corrected chi connectivity index (χ4v) is 4.91. The van der Waals surface area contributed by atoms with Gasteiger partial charge in [-0.25, -0.2) is 19.3 Å². The van der Waals surface area contributed by atoms with Gasteiger partial charge in [0, 0.05) is 29.8 Å². The number of fused-ring (bicyclic) bond motifs is 1. The van der Waals surface area contributed by atoms with Crippen LogP contribution in [0.25, 0.3) is 22.0 Å². The smallest absolute Gasteiger partial charge is 0.248 e. The maximum absolute atomic E-state index is 14.4. The number of aliphatic hydroxyl groups excluding tert-OH is 1. The van der Waals surface area contributed by atoms with Crippen molar-refractivity contribution in [3.8, 4) is 11.1 Å². The second-order valence-corrected chi connectivity index (χ2v) is 10.0. The summed E-state index contributed by atoms with van der Waals surface area (Å²) in [6.45, 7) is 2.99. The number of hydrogen-bond acceptors (Lipinski definition) is 7. The molecular weight excluding hydrogens is 557 g/mol. The maximum Gasteiger partial charge on any atom is 0.248 e. The van der Waals surface area contributed by atoms with Gasteiger partial charge in [0.25, 0.3) is 0 Å². The minimum absolute atomic E-state index is 0.105. The lowest BCUT2D eigenvalue weighted by Gasteiger charge is -2.23. The van der Waals surface area contributed by atoms with Gasteiger partial charge in [0.1, 0.15) is 35.0 Å². The summed E-state index contributed by atoms with van der Waals surface area (Å²) < 4.78 is 16.4. The predicted octanol–water partition coefficient (Wildman–Crippen LogP) is 3.59. The zero-order chi connectivity index (χ0) is 27.0. The largest absolute Gasteiger partial charge is 0.387 e. The number of amides is 2. The van der Waals surface area contributed by atoms with E-state index < -0.39 is 30.1 Å². The SMILES string of the molecule is Cc1ncc(-c2ccc3c(c2)c(C(C)O)nn3CC(=O)N2C[C@H](F)C[C@H]2C(=O)Nc2cccc(Br)n2)cn1. The summed E-state index contributed by atoms with van der Waals surface area (Å²) >= 11 is 3.25. The monoisotopic (exact) mass is 581 g/mol. The number of likely N-dealkylation sites (tertiary alicyclic amines) is 1. The molecule has 0 aliphatic carbocycles. The van der Waals surface area contributed by atoms with Crippen molar-refractivity contribution in [3.63, 3.8) is 0 Å². The van der Waals surface area contributed by atoms with E-state index in [-0.39, 0.29) is 19.5 Å². The second kappa shape index (κ2) is 10.5. The first-order valence-electron chi connectivity index (χ1n) is 12.0. The molecule has 0 spiro atoms. The van der Waals surface area contributed by atoms with Crippen LogP contribution in [0, 0.1) is 6.92 Å². The predicted molar refractivity (Wildman–Crippen MR) is 142 cm³/mol. The van der Waals surface area contributed by atoms with E-state index in [1.807, 2.05) is 18.2 Å². The number of benzene rings is 1. The minimum Gasteiger partial charge on any atom is -0.387 e. The highest BCUT2D eigenvalue weighted by Gasteiger charge is 2.40. The number of alkyl halides is 1. The maximum atomic E-state index is 14.4. The highest BCUT2D eigenvalue weighted by Crippen LogP contribution is 2.30. The Kier molecular flexibility index (Phi) is 7.17. The number of aromatic nitrogens is 5. The lowest BCUT2D eigenvalue weighted by Crippen LogP contribution is -2.44. The number of pyridine rings is 1. The van der Waals surface area contributed by atoms with Gasteiger partial charge in [0.15, 0.2) is 0 Å². The van der Waals surface area contributed by atoms with E-state index in [0.29, 0.717) is 32.8 Å². The fraction of sp³-hybridized carbons (Fsp3) is 0.308. The number of halogens is 2. The van der Waals surface area contributed by atoms with E-state index in [1.165, 1.54) is 9.58 Å². The lowest BCUT2D eigenvalue weighted by atomic mass is 10.0. The van der Waals surface area contributed by atoms with Crippen molar-refractivity contribution >= 4 is 44.5 Å². The van der Waals surface area contributed by atoms with Crippen molar-refractivity contribution < 1.29 is 19.1 Å². The van der Waals surface area contributed by atoms with Gasteiger partial charge in [-0.15, -0.1) is 0 Å². The molecule has 1 unspecified atom stereocenters. The Morgan fingerprint density at radius 2 is 1.97 bits per heavy atom. The molecule has 0 bridgehead atoms. The third-order valence-electron chi connectivity index (χ3n) is 6.41. The van der Waals surface area contributed by atoms with Crippen molar-refractivity contribution in [2.24, 2.45) is 0 Å². The van der Waals surface area contributed by atoms with Crippen molar-refractivity contribution in [1.82, 2.24) is 29.6 Å². The van der Waals surface area contributed by atoms with Crippen LogP contribution in [0.4, 0.5) is 10.2 Å². The van der Waals surface area contributed by atoms with E-state index >= 15 is 0 Å². The van der Waals surface area contributed by atoms with Crippen LogP contribution in [0.5, 0.6) is 0 Å². The first-order chi connectivity index (χ1) is 18.2. The minimum atomic E-state index is -1.33. The molecule has 3 aromatic heterocycles. The number of carbonyl (C=O) groups excluding carboxylic acids is 2. The zero-order valence-electron chi connectivity index (χ0n) is 20.7. The van der Waals surface area contributed by atoms with Crippen LogP contribution < -0.4 is 5.32 Å². The van der Waals surface area contributed by atoms with Crippen LogP contribution in [0.3, 0.4) is 0 Å². The number of anilines is 1. The highest BCUT2D eigenvalue weighted by atomic mass is 79.9. The molecule has 10 nitrogen and oxygen atoms in total. The summed E-state index contributed by atoms with van der Waals surface area (Å²) in [6, 6.07) is 9.59. The lowest BCUT2D eigenvalue weighted by molar-refractivity contribution is -0.137. The third-order valence-corrected chi connectivity index (χ3v) is 6.86. The normalized spacial score (nSPS) is 18.1. The molecule has 1 aliphatic rings. The molecule has 2 amide bonds. The Labute approximate surface area is 226 Å². The topological polar surface area (TPSA) is 126 Å². The Hall–Kier alpha value is -3.77. The summed E-state index contributed by atoms with van der Waals surface area (Å²) in [5.41, 5.74) is 2.67. The molecule has 0 saturated carbocycles. The van der Waals surface area contributed by atoms with E-state index in [1.54, 1.807) is 44.4 Å². The number of aliphatic hydroxyl groups is 1. The summed E-state index contributed by atoms with van der Waals surface area (Å²) in [4.78, 5) is 40.2. The van der Waals surface area contributed by atoms with E-state index in [4.69, 9.17) is 0 Å². The van der Waals surface area contributed by atoms with Crippen molar-refractivity contribution in [2.75, 3.05) is 11.9 Å². The first-order valence-corrected chi connectivity index (χ1v) is 12.8. The molecule has 1 fully saturated rings.